The highest BCUT2D eigenvalue weighted by molar-refractivity contribution is 8.00. The number of aliphatic hydroxyl groups excluding tert-OH is 1. The van der Waals surface area contributed by atoms with Gasteiger partial charge in [-0.15, -0.1) is 11.8 Å². The quantitative estimate of drug-likeness (QED) is 0.853. The highest BCUT2D eigenvalue weighted by Gasteiger charge is 2.23. The van der Waals surface area contributed by atoms with Crippen LogP contribution in [0, 0.1) is 5.92 Å². The zero-order chi connectivity index (χ0) is 16.2. The molecule has 0 aromatic heterocycles. The monoisotopic (exact) mass is 349 g/mol. The van der Waals surface area contributed by atoms with Crippen LogP contribution in [0.15, 0.2) is 41.3 Å². The first-order valence-corrected chi connectivity index (χ1v) is 9.24. The van der Waals surface area contributed by atoms with Gasteiger partial charge in [-0.3, -0.25) is 4.79 Å². The van der Waals surface area contributed by atoms with E-state index in [1.54, 1.807) is 0 Å². The van der Waals surface area contributed by atoms with Gasteiger partial charge >= 0.3 is 0 Å². The number of fused-ring (bicyclic) bond motifs is 1. The number of hydrogen-bond acceptors (Lipinski definition) is 3. The van der Waals surface area contributed by atoms with E-state index in [0.29, 0.717) is 12.3 Å². The standard InChI is InChI=1S/C18H20ClNO2S/c19-15-7-1-5-14-6-2-8-16(18(14)15)23-12-17(22)20-9-3-4-13(10-20)11-21/h1-2,5-8,13,21H,3-4,9-12H2. The molecular formula is C18H20ClNO2S. The number of aliphatic hydroxyl groups is 1. The lowest BCUT2D eigenvalue weighted by Gasteiger charge is -2.31. The van der Waals surface area contributed by atoms with Crippen LogP contribution >= 0.6 is 23.4 Å². The topological polar surface area (TPSA) is 40.5 Å². The number of carbonyl (C=O) groups is 1. The molecule has 1 heterocycles. The van der Waals surface area contributed by atoms with E-state index in [1.807, 2.05) is 41.3 Å². The summed E-state index contributed by atoms with van der Waals surface area (Å²) < 4.78 is 0. The number of thioether (sulfide) groups is 1. The molecule has 3 nitrogen and oxygen atoms in total. The second kappa shape index (κ2) is 7.56. The summed E-state index contributed by atoms with van der Waals surface area (Å²) in [4.78, 5) is 15.4. The smallest absolute Gasteiger partial charge is 0.232 e. The summed E-state index contributed by atoms with van der Waals surface area (Å²) in [6.45, 7) is 1.63. The number of rotatable bonds is 4. The molecule has 0 radical (unpaired) electrons. The fourth-order valence-electron chi connectivity index (χ4n) is 3.05. The molecule has 1 amide bonds. The van der Waals surface area contributed by atoms with Gasteiger partial charge < -0.3 is 10.0 Å². The highest BCUT2D eigenvalue weighted by Crippen LogP contribution is 2.33. The molecular weight excluding hydrogens is 330 g/mol. The first-order chi connectivity index (χ1) is 11.2. The number of nitrogens with zero attached hydrogens (tertiary/aromatic N) is 1. The number of carbonyl (C=O) groups excluding carboxylic acids is 1. The van der Waals surface area contributed by atoms with Crippen LogP contribution < -0.4 is 0 Å². The van der Waals surface area contributed by atoms with Crippen molar-refractivity contribution in [1.29, 1.82) is 0 Å². The van der Waals surface area contributed by atoms with E-state index in [2.05, 4.69) is 0 Å². The molecule has 0 aliphatic carbocycles. The van der Waals surface area contributed by atoms with Crippen molar-refractivity contribution in [2.24, 2.45) is 5.92 Å². The molecule has 1 aliphatic rings. The van der Waals surface area contributed by atoms with Crippen LogP contribution in [0.3, 0.4) is 0 Å². The van der Waals surface area contributed by atoms with Gasteiger partial charge in [-0.2, -0.15) is 0 Å². The maximum Gasteiger partial charge on any atom is 0.232 e. The summed E-state index contributed by atoms with van der Waals surface area (Å²) in [6.07, 6.45) is 1.98. The summed E-state index contributed by atoms with van der Waals surface area (Å²) in [5.74, 6) is 0.768. The van der Waals surface area contributed by atoms with Crippen molar-refractivity contribution in [1.82, 2.24) is 4.90 Å². The van der Waals surface area contributed by atoms with E-state index in [-0.39, 0.29) is 18.4 Å². The molecule has 1 unspecified atom stereocenters. The second-order valence-corrected chi connectivity index (χ2v) is 7.34. The predicted molar refractivity (Wildman–Crippen MR) is 96.1 cm³/mol. The number of piperidine rings is 1. The average Bonchev–Trinajstić information content (AvgIpc) is 2.59. The Bertz CT molecular complexity index is 701. The van der Waals surface area contributed by atoms with Crippen molar-refractivity contribution in [3.63, 3.8) is 0 Å². The molecule has 0 bridgehead atoms. The number of likely N-dealkylation sites (tertiary alicyclic amines) is 1. The molecule has 1 aliphatic heterocycles. The van der Waals surface area contributed by atoms with Crippen LogP contribution in [0.5, 0.6) is 0 Å². The van der Waals surface area contributed by atoms with Crippen molar-refractivity contribution in [3.05, 3.63) is 41.4 Å². The fourth-order valence-corrected chi connectivity index (χ4v) is 4.40. The SMILES string of the molecule is O=C(CSc1cccc2cccc(Cl)c12)N1CCCC(CO)C1. The summed E-state index contributed by atoms with van der Waals surface area (Å²) >= 11 is 7.86. The number of benzene rings is 2. The zero-order valence-corrected chi connectivity index (χ0v) is 14.4. The van der Waals surface area contributed by atoms with Gasteiger partial charge in [0.05, 0.1) is 5.75 Å². The van der Waals surface area contributed by atoms with Crippen LogP contribution in [0.1, 0.15) is 12.8 Å². The van der Waals surface area contributed by atoms with Crippen LogP contribution in [0.4, 0.5) is 0 Å². The van der Waals surface area contributed by atoms with Gasteiger partial charge in [0, 0.05) is 35.0 Å². The van der Waals surface area contributed by atoms with Gasteiger partial charge in [-0.05, 0) is 36.3 Å². The minimum atomic E-state index is 0.136. The van der Waals surface area contributed by atoms with Crippen LogP contribution in [-0.2, 0) is 4.79 Å². The Labute approximate surface area is 145 Å². The van der Waals surface area contributed by atoms with Crippen LogP contribution in [0.25, 0.3) is 10.8 Å². The molecule has 122 valence electrons. The minimum Gasteiger partial charge on any atom is -0.396 e. The molecule has 3 rings (SSSR count). The Kier molecular flexibility index (Phi) is 5.46. The molecule has 5 heteroatoms. The predicted octanol–water partition coefficient (Wildman–Crippen LogP) is 3.82. The van der Waals surface area contributed by atoms with E-state index in [9.17, 15) is 9.90 Å². The minimum absolute atomic E-state index is 0.136. The Morgan fingerprint density at radius 3 is 2.87 bits per heavy atom. The van der Waals surface area contributed by atoms with Crippen LogP contribution in [0.2, 0.25) is 5.02 Å². The van der Waals surface area contributed by atoms with E-state index < -0.39 is 0 Å². The molecule has 1 atom stereocenters. The number of hydrogen-bond donors (Lipinski definition) is 1. The Balaban J connectivity index is 1.70. The largest absolute Gasteiger partial charge is 0.396 e. The lowest BCUT2D eigenvalue weighted by atomic mass is 9.99. The van der Waals surface area contributed by atoms with E-state index >= 15 is 0 Å². The first kappa shape index (κ1) is 16.6. The Morgan fingerprint density at radius 1 is 1.30 bits per heavy atom. The van der Waals surface area contributed by atoms with Gasteiger partial charge in [-0.1, -0.05) is 35.9 Å². The molecule has 1 saturated heterocycles. The average molecular weight is 350 g/mol. The number of halogens is 1. The van der Waals surface area contributed by atoms with E-state index in [0.717, 1.165) is 40.1 Å². The lowest BCUT2D eigenvalue weighted by molar-refractivity contribution is -0.130. The summed E-state index contributed by atoms with van der Waals surface area (Å²) in [7, 11) is 0. The second-order valence-electron chi connectivity index (χ2n) is 5.91. The normalized spacial score (nSPS) is 18.3. The summed E-state index contributed by atoms with van der Waals surface area (Å²) in [5, 5.41) is 12.1. The van der Waals surface area contributed by atoms with Gasteiger partial charge in [0.2, 0.25) is 5.91 Å². The van der Waals surface area contributed by atoms with Gasteiger partial charge in [0.25, 0.3) is 0 Å². The zero-order valence-electron chi connectivity index (χ0n) is 12.9. The maximum absolute atomic E-state index is 12.4. The Hall–Kier alpha value is -1.23. The van der Waals surface area contributed by atoms with E-state index in [4.69, 9.17) is 11.6 Å². The molecule has 1 fully saturated rings. The van der Waals surface area contributed by atoms with Gasteiger partial charge in [0.1, 0.15) is 0 Å². The maximum atomic E-state index is 12.4. The van der Waals surface area contributed by atoms with E-state index in [1.165, 1.54) is 11.8 Å². The van der Waals surface area contributed by atoms with Crippen molar-refractivity contribution in [3.8, 4) is 0 Å². The molecule has 2 aromatic carbocycles. The van der Waals surface area contributed by atoms with Crippen LogP contribution in [-0.4, -0.2) is 41.4 Å². The highest BCUT2D eigenvalue weighted by atomic mass is 35.5. The van der Waals surface area contributed by atoms with Crippen molar-refractivity contribution in [2.45, 2.75) is 17.7 Å². The van der Waals surface area contributed by atoms with Gasteiger partial charge in [0.15, 0.2) is 0 Å². The summed E-state index contributed by atoms with van der Waals surface area (Å²) in [6, 6.07) is 11.9. The molecule has 2 aromatic rings. The van der Waals surface area contributed by atoms with Gasteiger partial charge in [-0.25, -0.2) is 0 Å². The first-order valence-electron chi connectivity index (χ1n) is 7.87. The van der Waals surface area contributed by atoms with Crippen molar-refractivity contribution >= 4 is 40.0 Å². The molecule has 1 N–H and O–H groups in total. The molecule has 23 heavy (non-hydrogen) atoms. The lowest BCUT2D eigenvalue weighted by Crippen LogP contribution is -2.41. The third-order valence-electron chi connectivity index (χ3n) is 4.30. The molecule has 0 saturated carbocycles. The number of amides is 1. The summed E-state index contributed by atoms with van der Waals surface area (Å²) in [5.41, 5.74) is 0. The third kappa shape index (κ3) is 3.82. The van der Waals surface area contributed by atoms with Crippen molar-refractivity contribution in [2.75, 3.05) is 25.4 Å². The molecule has 0 spiro atoms. The fraction of sp³-hybridized carbons (Fsp3) is 0.389. The Morgan fingerprint density at radius 2 is 2.09 bits per heavy atom. The van der Waals surface area contributed by atoms with Crippen molar-refractivity contribution < 1.29 is 9.90 Å². The third-order valence-corrected chi connectivity index (χ3v) is 5.65.